The van der Waals surface area contributed by atoms with Gasteiger partial charge in [0.15, 0.2) is 5.82 Å². The van der Waals surface area contributed by atoms with Crippen LogP contribution in [-0.2, 0) is 7.05 Å². The fourth-order valence-electron chi connectivity index (χ4n) is 3.45. The number of aromatic nitrogens is 5. The zero-order valence-corrected chi connectivity index (χ0v) is 17.6. The van der Waals surface area contributed by atoms with E-state index in [9.17, 15) is 9.59 Å². The Morgan fingerprint density at radius 1 is 1.17 bits per heavy atom. The summed E-state index contributed by atoms with van der Waals surface area (Å²) in [5.41, 5.74) is 5.42. The molecular weight excluding hydrogens is 380 g/mol. The van der Waals surface area contributed by atoms with Gasteiger partial charge in [0.2, 0.25) is 0 Å². The molecule has 4 aromatic rings. The van der Waals surface area contributed by atoms with Gasteiger partial charge in [0.1, 0.15) is 5.52 Å². The fourth-order valence-corrected chi connectivity index (χ4v) is 3.45. The third kappa shape index (κ3) is 3.41. The number of nitrogens with one attached hydrogen (secondary N) is 2. The van der Waals surface area contributed by atoms with Crippen LogP contribution in [0.5, 0.6) is 0 Å². The Labute approximate surface area is 173 Å². The highest BCUT2D eigenvalue weighted by Crippen LogP contribution is 2.19. The average Bonchev–Trinajstić information content (AvgIpc) is 3.28. The van der Waals surface area contributed by atoms with Gasteiger partial charge in [0.25, 0.3) is 11.5 Å². The van der Waals surface area contributed by atoms with Crippen LogP contribution in [0.2, 0.25) is 0 Å². The summed E-state index contributed by atoms with van der Waals surface area (Å²) < 4.78 is 3.22. The van der Waals surface area contributed by atoms with Crippen LogP contribution in [0.4, 0.5) is 0 Å². The molecule has 2 N–H and O–H groups in total. The molecule has 1 unspecified atom stereocenters. The molecule has 8 heteroatoms. The van der Waals surface area contributed by atoms with E-state index in [1.165, 1.54) is 10.1 Å². The molecule has 0 fully saturated rings. The van der Waals surface area contributed by atoms with Crippen LogP contribution in [0.3, 0.4) is 0 Å². The minimum Gasteiger partial charge on any atom is -0.345 e. The lowest BCUT2D eigenvalue weighted by Crippen LogP contribution is -2.26. The first-order chi connectivity index (χ1) is 14.2. The van der Waals surface area contributed by atoms with Gasteiger partial charge in [-0.3, -0.25) is 14.3 Å². The Bertz CT molecular complexity index is 1330. The van der Waals surface area contributed by atoms with Crippen LogP contribution in [0, 0.1) is 20.8 Å². The highest BCUT2D eigenvalue weighted by molar-refractivity contribution is 5.95. The molecule has 0 bridgehead atoms. The summed E-state index contributed by atoms with van der Waals surface area (Å²) in [7, 11) is 1.86. The fraction of sp³-hybridized carbons (Fsp3) is 0.273. The van der Waals surface area contributed by atoms with E-state index in [-0.39, 0.29) is 17.5 Å². The molecule has 30 heavy (non-hydrogen) atoms. The van der Waals surface area contributed by atoms with Gasteiger partial charge in [-0.15, -0.1) is 5.10 Å². The Hall–Kier alpha value is -3.68. The number of hydrogen-bond acceptors (Lipinski definition) is 4. The predicted octanol–water partition coefficient (Wildman–Crippen LogP) is 2.84. The summed E-state index contributed by atoms with van der Waals surface area (Å²) in [5, 5.41) is 11.7. The molecule has 8 nitrogen and oxygen atoms in total. The minimum absolute atomic E-state index is 0.216. The number of rotatable bonds is 4. The molecule has 0 saturated heterocycles. The van der Waals surface area contributed by atoms with Gasteiger partial charge in [0, 0.05) is 30.1 Å². The molecular formula is C22H24N6O2. The second-order valence-electron chi connectivity index (χ2n) is 7.66. The van der Waals surface area contributed by atoms with E-state index in [1.807, 2.05) is 52.9 Å². The van der Waals surface area contributed by atoms with E-state index in [4.69, 9.17) is 0 Å². The Morgan fingerprint density at radius 2 is 1.93 bits per heavy atom. The van der Waals surface area contributed by atoms with Gasteiger partial charge in [-0.05, 0) is 51.0 Å². The smallest absolute Gasteiger partial charge is 0.275 e. The maximum absolute atomic E-state index is 12.8. The second kappa shape index (κ2) is 7.29. The zero-order chi connectivity index (χ0) is 21.6. The molecule has 0 saturated carbocycles. The van der Waals surface area contributed by atoms with Crippen molar-refractivity contribution in [2.75, 3.05) is 0 Å². The molecule has 1 aromatic carbocycles. The van der Waals surface area contributed by atoms with Crippen molar-refractivity contribution in [2.24, 2.45) is 7.05 Å². The maximum atomic E-state index is 12.8. The third-order valence-electron chi connectivity index (χ3n) is 5.60. The van der Waals surface area contributed by atoms with Gasteiger partial charge >= 0.3 is 0 Å². The lowest BCUT2D eigenvalue weighted by atomic mass is 10.1. The number of carbonyl (C=O) groups is 1. The molecule has 3 aromatic heterocycles. The van der Waals surface area contributed by atoms with Crippen molar-refractivity contribution in [1.29, 1.82) is 0 Å². The van der Waals surface area contributed by atoms with Gasteiger partial charge in [-0.1, -0.05) is 12.1 Å². The van der Waals surface area contributed by atoms with Crippen LogP contribution >= 0.6 is 0 Å². The first-order valence-corrected chi connectivity index (χ1v) is 9.74. The summed E-state index contributed by atoms with van der Waals surface area (Å²) in [4.78, 5) is 28.2. The van der Waals surface area contributed by atoms with Gasteiger partial charge in [-0.2, -0.15) is 5.10 Å². The SMILES string of the molecule is Cc1ccc(-c2nn3cc(C(=O)NC(C)c4cnn(C)c4C)cc3c(=O)[nH]2)cc1C. The molecule has 0 spiro atoms. The van der Waals surface area contributed by atoms with Crippen LogP contribution < -0.4 is 10.9 Å². The summed E-state index contributed by atoms with van der Waals surface area (Å²) in [6.45, 7) is 7.90. The second-order valence-corrected chi connectivity index (χ2v) is 7.66. The molecule has 0 aliphatic rings. The maximum Gasteiger partial charge on any atom is 0.275 e. The monoisotopic (exact) mass is 404 g/mol. The number of hydrogen-bond donors (Lipinski definition) is 2. The van der Waals surface area contributed by atoms with E-state index < -0.39 is 0 Å². The number of aromatic amines is 1. The average molecular weight is 404 g/mol. The number of aryl methyl sites for hydroxylation is 3. The normalized spacial score (nSPS) is 12.3. The molecule has 0 aliphatic heterocycles. The third-order valence-corrected chi connectivity index (χ3v) is 5.60. The van der Waals surface area contributed by atoms with Crippen LogP contribution in [0.15, 0.2) is 41.5 Å². The number of carbonyl (C=O) groups excluding carboxylic acids is 1. The molecule has 1 atom stereocenters. The van der Waals surface area contributed by atoms with E-state index in [2.05, 4.69) is 20.5 Å². The van der Waals surface area contributed by atoms with Crippen molar-refractivity contribution in [1.82, 2.24) is 29.7 Å². The first-order valence-electron chi connectivity index (χ1n) is 9.74. The molecule has 0 radical (unpaired) electrons. The topological polar surface area (TPSA) is 97.1 Å². The van der Waals surface area contributed by atoms with E-state index in [1.54, 1.807) is 23.1 Å². The molecule has 3 heterocycles. The Kier molecular flexibility index (Phi) is 4.77. The Morgan fingerprint density at radius 3 is 2.60 bits per heavy atom. The zero-order valence-electron chi connectivity index (χ0n) is 17.6. The number of amides is 1. The largest absolute Gasteiger partial charge is 0.345 e. The van der Waals surface area contributed by atoms with Crippen LogP contribution in [0.25, 0.3) is 16.9 Å². The van der Waals surface area contributed by atoms with Crippen molar-refractivity contribution in [3.63, 3.8) is 0 Å². The highest BCUT2D eigenvalue weighted by atomic mass is 16.2. The first kappa shape index (κ1) is 19.6. The van der Waals surface area contributed by atoms with Crippen molar-refractivity contribution >= 4 is 11.4 Å². The summed E-state index contributed by atoms with van der Waals surface area (Å²) >= 11 is 0. The quantitative estimate of drug-likeness (QED) is 0.547. The lowest BCUT2D eigenvalue weighted by Gasteiger charge is -2.13. The predicted molar refractivity (Wildman–Crippen MR) is 115 cm³/mol. The molecule has 1 amide bonds. The summed E-state index contributed by atoms with van der Waals surface area (Å²) in [5.74, 6) is 0.181. The number of fused-ring (bicyclic) bond motifs is 1. The van der Waals surface area contributed by atoms with Crippen molar-refractivity contribution < 1.29 is 4.79 Å². The minimum atomic E-state index is -0.298. The van der Waals surface area contributed by atoms with Gasteiger partial charge in [-0.25, -0.2) is 4.52 Å². The van der Waals surface area contributed by atoms with Crippen molar-refractivity contribution in [3.8, 4) is 11.4 Å². The standard InChI is InChI=1S/C22H24N6O2/c1-12-6-7-16(8-13(12)2)20-25-22(30)19-9-17(11-28(19)26-20)21(29)24-14(3)18-10-23-27(5)15(18)4/h6-11,14H,1-5H3,(H,24,29)(H,25,26,30). The highest BCUT2D eigenvalue weighted by Gasteiger charge is 2.18. The van der Waals surface area contributed by atoms with Crippen molar-refractivity contribution in [2.45, 2.75) is 33.7 Å². The van der Waals surface area contributed by atoms with Gasteiger partial charge in [0.05, 0.1) is 17.8 Å². The molecule has 4 rings (SSSR count). The van der Waals surface area contributed by atoms with Crippen molar-refractivity contribution in [3.05, 3.63) is 75.0 Å². The number of nitrogens with zero attached hydrogens (tertiary/aromatic N) is 4. The van der Waals surface area contributed by atoms with Crippen LogP contribution in [0.1, 0.15) is 45.7 Å². The Balaban J connectivity index is 1.65. The van der Waals surface area contributed by atoms with E-state index in [0.29, 0.717) is 16.9 Å². The molecule has 0 aliphatic carbocycles. The number of H-pyrrole nitrogens is 1. The number of benzene rings is 1. The molecule has 154 valence electrons. The van der Waals surface area contributed by atoms with Crippen LogP contribution in [-0.4, -0.2) is 30.3 Å². The lowest BCUT2D eigenvalue weighted by molar-refractivity contribution is 0.0940. The summed E-state index contributed by atoms with van der Waals surface area (Å²) in [6.07, 6.45) is 3.33. The van der Waals surface area contributed by atoms with E-state index >= 15 is 0 Å². The summed E-state index contributed by atoms with van der Waals surface area (Å²) in [6, 6.07) is 7.22. The van der Waals surface area contributed by atoms with Gasteiger partial charge < -0.3 is 10.3 Å². The van der Waals surface area contributed by atoms with E-state index in [0.717, 1.165) is 22.4 Å².